The van der Waals surface area contributed by atoms with Crippen molar-refractivity contribution in [2.24, 2.45) is 0 Å². The number of carbonyl (C=O) groups is 1. The molecule has 1 heterocycles. The van der Waals surface area contributed by atoms with Gasteiger partial charge in [-0.1, -0.05) is 37.3 Å². The minimum Gasteiger partial charge on any atom is -0.369 e. The lowest BCUT2D eigenvalue weighted by atomic mass is 10.0. The van der Waals surface area contributed by atoms with E-state index >= 15 is 0 Å². The minimum atomic E-state index is -3.53. The molecule has 1 saturated heterocycles. The van der Waals surface area contributed by atoms with E-state index < -0.39 is 27.5 Å². The first kappa shape index (κ1) is 25.2. The lowest BCUT2D eigenvalue weighted by molar-refractivity contribution is -0.119. The first-order valence-electron chi connectivity index (χ1n) is 11.6. The number of carbonyl (C=O) groups excluding carboxylic acids is 1. The van der Waals surface area contributed by atoms with Crippen molar-refractivity contribution in [1.29, 1.82) is 0 Å². The van der Waals surface area contributed by atoms with E-state index in [0.29, 0.717) is 18.4 Å². The van der Waals surface area contributed by atoms with Gasteiger partial charge in [0, 0.05) is 37.4 Å². The molecule has 3 rings (SSSR count). The summed E-state index contributed by atoms with van der Waals surface area (Å²) < 4.78 is 38.9. The molecule has 2 aromatic carbocycles. The molecule has 1 atom stereocenters. The molecule has 6 nitrogen and oxygen atoms in total. The molecule has 0 aromatic heterocycles. The standard InChI is InChI=1S/C25H34FN3O3S/c1-3-28-13-15-29(16-14-28)24-12-11-22(26)18-23(24)20(2)27-25(30)19-33(31,32)17-7-10-21-8-5-4-6-9-21/h4-6,8-9,11-12,18,20H,3,7,10,13-17,19H2,1-2H3,(H,27,30). The van der Waals surface area contributed by atoms with E-state index in [4.69, 9.17) is 0 Å². The summed E-state index contributed by atoms with van der Waals surface area (Å²) in [5, 5.41) is 2.77. The SMILES string of the molecule is CCN1CCN(c2ccc(F)cc2C(C)NC(=O)CS(=O)(=O)CCCc2ccccc2)CC1. The smallest absolute Gasteiger partial charge is 0.235 e. The zero-order valence-electron chi connectivity index (χ0n) is 19.5. The van der Waals surface area contributed by atoms with Gasteiger partial charge in [-0.2, -0.15) is 0 Å². The van der Waals surface area contributed by atoms with Crippen molar-refractivity contribution in [3.63, 3.8) is 0 Å². The largest absolute Gasteiger partial charge is 0.369 e. The van der Waals surface area contributed by atoms with Gasteiger partial charge < -0.3 is 15.1 Å². The zero-order chi connectivity index (χ0) is 23.8. The molecule has 0 bridgehead atoms. The number of nitrogens with one attached hydrogen (secondary N) is 1. The molecule has 0 saturated carbocycles. The van der Waals surface area contributed by atoms with Crippen molar-refractivity contribution >= 4 is 21.4 Å². The Morgan fingerprint density at radius 1 is 1.09 bits per heavy atom. The summed E-state index contributed by atoms with van der Waals surface area (Å²) in [6.07, 6.45) is 1.11. The summed E-state index contributed by atoms with van der Waals surface area (Å²) in [7, 11) is -3.53. The monoisotopic (exact) mass is 475 g/mol. The van der Waals surface area contributed by atoms with Gasteiger partial charge >= 0.3 is 0 Å². The molecule has 0 spiro atoms. The number of hydrogen-bond acceptors (Lipinski definition) is 5. The maximum absolute atomic E-state index is 14.0. The Kier molecular flexibility index (Phi) is 8.86. The molecule has 1 unspecified atom stereocenters. The van der Waals surface area contributed by atoms with Gasteiger partial charge in [0.15, 0.2) is 9.84 Å². The molecule has 33 heavy (non-hydrogen) atoms. The summed E-state index contributed by atoms with van der Waals surface area (Å²) in [5.74, 6) is -1.55. The molecule has 2 aromatic rings. The third kappa shape index (κ3) is 7.54. The maximum atomic E-state index is 14.0. The van der Waals surface area contributed by atoms with Gasteiger partial charge in [-0.3, -0.25) is 4.79 Å². The van der Waals surface area contributed by atoms with Gasteiger partial charge in [-0.15, -0.1) is 0 Å². The molecule has 1 aliphatic heterocycles. The van der Waals surface area contributed by atoms with Crippen LogP contribution in [-0.2, 0) is 21.1 Å². The highest BCUT2D eigenvalue weighted by atomic mass is 32.2. The van der Waals surface area contributed by atoms with Crippen molar-refractivity contribution in [2.45, 2.75) is 32.7 Å². The van der Waals surface area contributed by atoms with Crippen LogP contribution in [0.4, 0.5) is 10.1 Å². The van der Waals surface area contributed by atoms with Crippen molar-refractivity contribution in [3.05, 3.63) is 65.5 Å². The van der Waals surface area contributed by atoms with Crippen LogP contribution >= 0.6 is 0 Å². The summed E-state index contributed by atoms with van der Waals surface area (Å²) in [6.45, 7) is 8.39. The Morgan fingerprint density at radius 2 is 1.79 bits per heavy atom. The number of halogens is 1. The normalized spacial score (nSPS) is 15.9. The molecule has 8 heteroatoms. The fraction of sp³-hybridized carbons (Fsp3) is 0.480. The lowest BCUT2D eigenvalue weighted by Crippen LogP contribution is -2.46. The molecular weight excluding hydrogens is 441 g/mol. The average molecular weight is 476 g/mol. The lowest BCUT2D eigenvalue weighted by Gasteiger charge is -2.37. The number of piperazine rings is 1. The first-order valence-corrected chi connectivity index (χ1v) is 13.4. The highest BCUT2D eigenvalue weighted by Crippen LogP contribution is 2.28. The predicted octanol–water partition coefficient (Wildman–Crippen LogP) is 3.19. The van der Waals surface area contributed by atoms with Crippen molar-refractivity contribution in [2.75, 3.05) is 49.1 Å². The minimum absolute atomic E-state index is 0.0450. The fourth-order valence-electron chi connectivity index (χ4n) is 4.24. The number of rotatable bonds is 10. The number of aryl methyl sites for hydroxylation is 1. The Hall–Kier alpha value is -2.45. The van der Waals surface area contributed by atoms with Crippen LogP contribution in [0, 0.1) is 5.82 Å². The number of sulfone groups is 1. The molecule has 0 radical (unpaired) electrons. The highest BCUT2D eigenvalue weighted by Gasteiger charge is 2.23. The van der Waals surface area contributed by atoms with Crippen molar-refractivity contribution in [3.8, 4) is 0 Å². The topological polar surface area (TPSA) is 69.7 Å². The maximum Gasteiger partial charge on any atom is 0.235 e. The highest BCUT2D eigenvalue weighted by molar-refractivity contribution is 7.92. The molecule has 1 aliphatic rings. The fourth-order valence-corrected chi connectivity index (χ4v) is 5.45. The van der Waals surface area contributed by atoms with E-state index in [9.17, 15) is 17.6 Å². The first-order chi connectivity index (χ1) is 15.8. The van der Waals surface area contributed by atoms with Gasteiger partial charge in [-0.25, -0.2) is 12.8 Å². The van der Waals surface area contributed by atoms with E-state index in [1.54, 1.807) is 13.0 Å². The Morgan fingerprint density at radius 3 is 2.45 bits per heavy atom. The van der Waals surface area contributed by atoms with Gasteiger partial charge in [0.05, 0.1) is 11.8 Å². The van der Waals surface area contributed by atoms with E-state index in [1.165, 1.54) is 12.1 Å². The Bertz CT molecular complexity index is 1020. The Labute approximate surface area is 196 Å². The van der Waals surface area contributed by atoms with E-state index in [1.807, 2.05) is 30.3 Å². The predicted molar refractivity (Wildman–Crippen MR) is 131 cm³/mol. The number of anilines is 1. The van der Waals surface area contributed by atoms with Crippen LogP contribution < -0.4 is 10.2 Å². The second-order valence-electron chi connectivity index (χ2n) is 8.59. The molecule has 0 aliphatic carbocycles. The average Bonchev–Trinajstić information content (AvgIpc) is 2.79. The number of hydrogen-bond donors (Lipinski definition) is 1. The number of benzene rings is 2. The molecule has 1 amide bonds. The van der Waals surface area contributed by atoms with E-state index in [0.717, 1.165) is 44.0 Å². The zero-order valence-corrected chi connectivity index (χ0v) is 20.3. The van der Waals surface area contributed by atoms with Crippen LogP contribution in [0.3, 0.4) is 0 Å². The van der Waals surface area contributed by atoms with Crippen LogP contribution in [0.2, 0.25) is 0 Å². The summed E-state index contributed by atoms with van der Waals surface area (Å²) in [4.78, 5) is 17.1. The number of amides is 1. The van der Waals surface area contributed by atoms with Crippen molar-refractivity contribution in [1.82, 2.24) is 10.2 Å². The van der Waals surface area contributed by atoms with Gasteiger partial charge in [0.1, 0.15) is 11.6 Å². The van der Waals surface area contributed by atoms with Crippen molar-refractivity contribution < 1.29 is 17.6 Å². The van der Waals surface area contributed by atoms with Gasteiger partial charge in [-0.05, 0) is 50.1 Å². The third-order valence-corrected chi connectivity index (χ3v) is 7.72. The molecule has 1 N–H and O–H groups in total. The molecule has 1 fully saturated rings. The van der Waals surface area contributed by atoms with E-state index in [-0.39, 0.29) is 11.6 Å². The van der Waals surface area contributed by atoms with Crippen LogP contribution in [0.5, 0.6) is 0 Å². The molecule has 180 valence electrons. The third-order valence-electron chi connectivity index (χ3n) is 6.11. The molecular formula is C25H34FN3O3S. The van der Waals surface area contributed by atoms with Crippen LogP contribution in [0.1, 0.15) is 37.4 Å². The van der Waals surface area contributed by atoms with Crippen LogP contribution in [-0.4, -0.2) is 63.5 Å². The Balaban J connectivity index is 1.58. The second-order valence-corrected chi connectivity index (χ2v) is 10.8. The van der Waals surface area contributed by atoms with E-state index in [2.05, 4.69) is 22.0 Å². The van der Waals surface area contributed by atoms with Crippen LogP contribution in [0.15, 0.2) is 48.5 Å². The summed E-state index contributed by atoms with van der Waals surface area (Å²) in [6, 6.07) is 13.8. The quantitative estimate of drug-likeness (QED) is 0.572. The van der Waals surface area contributed by atoms with Gasteiger partial charge in [0.25, 0.3) is 0 Å². The summed E-state index contributed by atoms with van der Waals surface area (Å²) >= 11 is 0. The van der Waals surface area contributed by atoms with Crippen LogP contribution in [0.25, 0.3) is 0 Å². The number of nitrogens with zero attached hydrogens (tertiary/aromatic N) is 2. The second kappa shape index (κ2) is 11.6. The number of likely N-dealkylation sites (N-methyl/N-ethyl adjacent to an activating group) is 1. The van der Waals surface area contributed by atoms with Gasteiger partial charge in [0.2, 0.25) is 5.91 Å². The summed E-state index contributed by atoms with van der Waals surface area (Å²) in [5.41, 5.74) is 2.62.